The molecule has 1 aromatic rings. The molecule has 0 atom stereocenters. The summed E-state index contributed by atoms with van der Waals surface area (Å²) in [6.07, 6.45) is 2.82. The molecule has 1 heterocycles. The van der Waals surface area contributed by atoms with Gasteiger partial charge in [-0.05, 0) is 0 Å². The molecule has 9 heavy (non-hydrogen) atoms. The largest absolute Gasteiger partial charge is 0.338 e. The van der Waals surface area contributed by atoms with E-state index in [1.807, 2.05) is 0 Å². The lowest BCUT2D eigenvalue weighted by molar-refractivity contribution is 0.101. The molecular formula is C5H7N3O. The topological polar surface area (TPSA) is 60.9 Å². The van der Waals surface area contributed by atoms with Gasteiger partial charge in [0.25, 0.3) is 0 Å². The van der Waals surface area contributed by atoms with Crippen molar-refractivity contribution in [1.29, 1.82) is 0 Å². The molecule has 48 valence electrons. The molecule has 0 amide bonds. The zero-order valence-electron chi connectivity index (χ0n) is 5.03. The Morgan fingerprint density at radius 3 is 2.78 bits per heavy atom. The van der Waals surface area contributed by atoms with Gasteiger partial charge in [0.2, 0.25) is 0 Å². The summed E-state index contributed by atoms with van der Waals surface area (Å²) in [7, 11) is 0. The number of nitrogens with zero attached hydrogens (tertiary/aromatic N) is 2. The van der Waals surface area contributed by atoms with Crippen LogP contribution in [0.2, 0.25) is 0 Å². The summed E-state index contributed by atoms with van der Waals surface area (Å²) >= 11 is 0. The zero-order chi connectivity index (χ0) is 6.85. The maximum Gasteiger partial charge on any atom is 0.179 e. The number of hydrogen-bond acceptors (Lipinski definition) is 3. The molecule has 0 aromatic carbocycles. The summed E-state index contributed by atoms with van der Waals surface area (Å²) in [5.74, 6) is 5.20. The number of nitrogens with two attached hydrogens (primary N) is 1. The third-order valence-corrected chi connectivity index (χ3v) is 1.03. The van der Waals surface area contributed by atoms with Crippen LogP contribution in [0.4, 0.5) is 0 Å². The standard InChI is InChI=1S/C5H7N3O/c1-4(9)5-2-7-3-8(5)6/h2-3H,6H2,1H3. The molecule has 0 spiro atoms. The van der Waals surface area contributed by atoms with Gasteiger partial charge in [-0.25, -0.2) is 9.66 Å². The van der Waals surface area contributed by atoms with Crippen LogP contribution in [0.5, 0.6) is 0 Å². The van der Waals surface area contributed by atoms with Crippen LogP contribution < -0.4 is 5.84 Å². The number of rotatable bonds is 1. The van der Waals surface area contributed by atoms with Gasteiger partial charge in [0.1, 0.15) is 12.0 Å². The van der Waals surface area contributed by atoms with E-state index in [9.17, 15) is 4.79 Å². The van der Waals surface area contributed by atoms with Gasteiger partial charge in [-0.1, -0.05) is 0 Å². The fourth-order valence-corrected chi connectivity index (χ4v) is 0.577. The maximum atomic E-state index is 10.6. The number of carbonyl (C=O) groups is 1. The van der Waals surface area contributed by atoms with Crippen molar-refractivity contribution < 1.29 is 4.79 Å². The predicted octanol–water partition coefficient (Wildman–Crippen LogP) is -0.201. The van der Waals surface area contributed by atoms with Gasteiger partial charge in [-0.15, -0.1) is 0 Å². The van der Waals surface area contributed by atoms with Crippen molar-refractivity contribution in [2.45, 2.75) is 6.92 Å². The van der Waals surface area contributed by atoms with Gasteiger partial charge in [0.15, 0.2) is 5.78 Å². The number of ketones is 1. The summed E-state index contributed by atoms with van der Waals surface area (Å²) in [6, 6.07) is 0. The Morgan fingerprint density at radius 1 is 1.89 bits per heavy atom. The summed E-state index contributed by atoms with van der Waals surface area (Å²) in [5, 5.41) is 0. The predicted molar refractivity (Wildman–Crippen MR) is 32.4 cm³/mol. The first kappa shape index (κ1) is 5.81. The van der Waals surface area contributed by atoms with Crippen LogP contribution >= 0.6 is 0 Å². The second-order valence-electron chi connectivity index (χ2n) is 1.74. The van der Waals surface area contributed by atoms with Crippen molar-refractivity contribution >= 4 is 5.78 Å². The molecule has 0 saturated carbocycles. The molecule has 0 unspecified atom stereocenters. The third kappa shape index (κ3) is 0.910. The van der Waals surface area contributed by atoms with Gasteiger partial charge in [0.05, 0.1) is 6.20 Å². The van der Waals surface area contributed by atoms with Crippen molar-refractivity contribution in [1.82, 2.24) is 9.66 Å². The first-order chi connectivity index (χ1) is 4.22. The van der Waals surface area contributed by atoms with Crippen LogP contribution in [0, 0.1) is 0 Å². The first-order valence-corrected chi connectivity index (χ1v) is 2.50. The lowest BCUT2D eigenvalue weighted by Gasteiger charge is -1.92. The molecule has 2 N–H and O–H groups in total. The smallest absolute Gasteiger partial charge is 0.179 e. The molecule has 4 heteroatoms. The SMILES string of the molecule is CC(=O)c1cncn1N. The average Bonchev–Trinajstić information content (AvgIpc) is 2.13. The van der Waals surface area contributed by atoms with E-state index in [0.29, 0.717) is 5.69 Å². The van der Waals surface area contributed by atoms with E-state index in [-0.39, 0.29) is 5.78 Å². The number of Topliss-reactive ketones (excluding diaryl/α,β-unsaturated/α-hetero) is 1. The van der Waals surface area contributed by atoms with Crippen molar-refractivity contribution in [2.75, 3.05) is 5.84 Å². The third-order valence-electron chi connectivity index (χ3n) is 1.03. The van der Waals surface area contributed by atoms with Crippen LogP contribution in [0.1, 0.15) is 17.4 Å². The highest BCUT2D eigenvalue weighted by molar-refractivity contribution is 5.92. The number of carbonyl (C=O) groups excluding carboxylic acids is 1. The van der Waals surface area contributed by atoms with Crippen molar-refractivity contribution in [2.24, 2.45) is 0 Å². The van der Waals surface area contributed by atoms with Gasteiger partial charge >= 0.3 is 0 Å². The molecular weight excluding hydrogens is 118 g/mol. The second-order valence-corrected chi connectivity index (χ2v) is 1.74. The Hall–Kier alpha value is -1.32. The number of hydrogen-bond donors (Lipinski definition) is 1. The normalized spacial score (nSPS) is 9.44. The van der Waals surface area contributed by atoms with Gasteiger partial charge in [0, 0.05) is 6.92 Å². The van der Waals surface area contributed by atoms with E-state index < -0.39 is 0 Å². The molecule has 0 aliphatic carbocycles. The lowest BCUT2D eigenvalue weighted by atomic mass is 10.3. The summed E-state index contributed by atoms with van der Waals surface area (Å²) in [6.45, 7) is 1.44. The zero-order valence-corrected chi connectivity index (χ0v) is 5.03. The maximum absolute atomic E-state index is 10.6. The Balaban J connectivity index is 3.08. The minimum Gasteiger partial charge on any atom is -0.338 e. The molecule has 0 fully saturated rings. The Morgan fingerprint density at radius 2 is 2.56 bits per heavy atom. The van der Waals surface area contributed by atoms with E-state index >= 15 is 0 Å². The molecule has 0 aliphatic rings. The van der Waals surface area contributed by atoms with Crippen molar-refractivity contribution in [3.63, 3.8) is 0 Å². The van der Waals surface area contributed by atoms with Crippen molar-refractivity contribution in [3.8, 4) is 0 Å². The van der Waals surface area contributed by atoms with Crippen LogP contribution in [-0.4, -0.2) is 15.4 Å². The average molecular weight is 125 g/mol. The van der Waals surface area contributed by atoms with Gasteiger partial charge < -0.3 is 5.84 Å². The molecule has 0 radical (unpaired) electrons. The van der Waals surface area contributed by atoms with Crippen LogP contribution in [0.3, 0.4) is 0 Å². The summed E-state index contributed by atoms with van der Waals surface area (Å²) in [4.78, 5) is 14.2. The Labute approximate surface area is 52.3 Å². The minimum atomic E-state index is -0.0741. The molecule has 1 rings (SSSR count). The van der Waals surface area contributed by atoms with E-state index in [0.717, 1.165) is 0 Å². The molecule has 0 saturated heterocycles. The Bertz CT molecular complexity index is 228. The molecule has 4 nitrogen and oxygen atoms in total. The summed E-state index contributed by atoms with van der Waals surface area (Å²) in [5.41, 5.74) is 0.426. The lowest BCUT2D eigenvalue weighted by Crippen LogP contribution is -2.12. The fraction of sp³-hybridized carbons (Fsp3) is 0.200. The first-order valence-electron chi connectivity index (χ1n) is 2.50. The molecule has 0 bridgehead atoms. The van der Waals surface area contributed by atoms with E-state index in [1.165, 1.54) is 24.1 Å². The highest BCUT2D eigenvalue weighted by Crippen LogP contribution is 1.93. The van der Waals surface area contributed by atoms with Gasteiger partial charge in [-0.3, -0.25) is 4.79 Å². The second kappa shape index (κ2) is 1.89. The summed E-state index contributed by atoms with van der Waals surface area (Å²) < 4.78 is 1.20. The van der Waals surface area contributed by atoms with E-state index in [1.54, 1.807) is 0 Å². The van der Waals surface area contributed by atoms with Crippen LogP contribution in [-0.2, 0) is 0 Å². The van der Waals surface area contributed by atoms with Crippen molar-refractivity contribution in [3.05, 3.63) is 18.2 Å². The number of aromatic nitrogens is 2. The Kier molecular flexibility index (Phi) is 1.22. The molecule has 1 aromatic heterocycles. The van der Waals surface area contributed by atoms with Crippen LogP contribution in [0.15, 0.2) is 12.5 Å². The monoisotopic (exact) mass is 125 g/mol. The highest BCUT2D eigenvalue weighted by Gasteiger charge is 2.01. The van der Waals surface area contributed by atoms with E-state index in [2.05, 4.69) is 4.98 Å². The minimum absolute atomic E-state index is 0.0741. The fourth-order valence-electron chi connectivity index (χ4n) is 0.577. The quantitative estimate of drug-likeness (QED) is 0.417. The number of imidazole rings is 1. The highest BCUT2D eigenvalue weighted by atomic mass is 16.1. The van der Waals surface area contributed by atoms with Gasteiger partial charge in [-0.2, -0.15) is 0 Å². The van der Waals surface area contributed by atoms with E-state index in [4.69, 9.17) is 5.84 Å². The number of nitrogen functional groups attached to an aromatic ring is 1. The van der Waals surface area contributed by atoms with Crippen LogP contribution in [0.25, 0.3) is 0 Å². The molecule has 0 aliphatic heterocycles.